The first-order valence-electron chi connectivity index (χ1n) is 4.75. The van der Waals surface area contributed by atoms with E-state index in [-0.39, 0.29) is 10.5 Å². The fourth-order valence-corrected chi connectivity index (χ4v) is 2.20. The van der Waals surface area contributed by atoms with Gasteiger partial charge in [0.05, 0.1) is 4.70 Å². The van der Waals surface area contributed by atoms with Crippen LogP contribution in [0.1, 0.15) is 19.4 Å². The maximum atomic E-state index is 11.0. The Hall–Kier alpha value is -1.13. The highest BCUT2D eigenvalue weighted by Crippen LogP contribution is 2.20. The largest absolute Gasteiger partial charge is 0.414 e. The molecule has 0 radical (unpaired) electrons. The Morgan fingerprint density at radius 2 is 2.20 bits per heavy atom. The molecule has 2 N–H and O–H groups in total. The molecule has 15 heavy (non-hydrogen) atoms. The summed E-state index contributed by atoms with van der Waals surface area (Å²) in [5.74, 6) is 0. The molecule has 0 atom stereocenters. The summed E-state index contributed by atoms with van der Waals surface area (Å²) in [6.45, 7) is 3.95. The molecule has 80 valence electrons. The summed E-state index contributed by atoms with van der Waals surface area (Å²) in [6, 6.07) is 5.79. The third kappa shape index (κ3) is 2.46. The molecule has 0 aliphatic rings. The van der Waals surface area contributed by atoms with Crippen LogP contribution in [0.4, 0.5) is 0 Å². The van der Waals surface area contributed by atoms with E-state index in [1.807, 2.05) is 32.0 Å². The lowest BCUT2D eigenvalue weighted by Crippen LogP contribution is -2.34. The van der Waals surface area contributed by atoms with Crippen LogP contribution in [0.3, 0.4) is 0 Å². The molecule has 1 aromatic heterocycles. The van der Waals surface area contributed by atoms with E-state index in [0.29, 0.717) is 5.58 Å². The summed E-state index contributed by atoms with van der Waals surface area (Å²) in [7, 11) is 0. The topological polar surface area (TPSA) is 56.2 Å². The molecule has 0 bridgehead atoms. The molecular formula is C11H13NO2S. The van der Waals surface area contributed by atoms with Crippen LogP contribution in [0.5, 0.6) is 0 Å². The van der Waals surface area contributed by atoms with Gasteiger partial charge in [-0.3, -0.25) is 0 Å². The van der Waals surface area contributed by atoms with E-state index in [4.69, 9.17) is 10.2 Å². The smallest absolute Gasteiger partial charge is 0.396 e. The molecule has 0 fully saturated rings. The fourth-order valence-electron chi connectivity index (χ4n) is 1.55. The predicted octanol–water partition coefficient (Wildman–Crippen LogP) is 2.13. The lowest BCUT2D eigenvalue weighted by atomic mass is 9.96. The minimum Gasteiger partial charge on any atom is -0.414 e. The second-order valence-corrected chi connectivity index (χ2v) is 5.38. The SMILES string of the molecule is CC(C)(N)Cc1ccc2sc(=O)oc2c1. The number of nitrogens with two attached hydrogens (primary N) is 1. The second kappa shape index (κ2) is 3.47. The Bertz CT molecular complexity index is 533. The van der Waals surface area contributed by atoms with Gasteiger partial charge in [-0.1, -0.05) is 17.4 Å². The third-order valence-electron chi connectivity index (χ3n) is 2.05. The molecule has 0 saturated carbocycles. The van der Waals surface area contributed by atoms with Crippen molar-refractivity contribution >= 4 is 21.6 Å². The van der Waals surface area contributed by atoms with Gasteiger partial charge in [0.25, 0.3) is 0 Å². The molecule has 2 aromatic rings. The first kappa shape index (κ1) is 10.4. The van der Waals surface area contributed by atoms with Crippen molar-refractivity contribution in [1.29, 1.82) is 0 Å². The van der Waals surface area contributed by atoms with E-state index in [0.717, 1.165) is 28.0 Å². The zero-order valence-corrected chi connectivity index (χ0v) is 9.56. The first-order chi connectivity index (χ1) is 6.94. The summed E-state index contributed by atoms with van der Waals surface area (Å²) in [5.41, 5.74) is 7.43. The molecule has 0 unspecified atom stereocenters. The van der Waals surface area contributed by atoms with Gasteiger partial charge < -0.3 is 10.2 Å². The van der Waals surface area contributed by atoms with E-state index in [9.17, 15) is 4.79 Å². The lowest BCUT2D eigenvalue weighted by molar-refractivity contribution is 0.516. The number of hydrogen-bond donors (Lipinski definition) is 1. The van der Waals surface area contributed by atoms with Crippen molar-refractivity contribution in [2.24, 2.45) is 5.73 Å². The predicted molar refractivity (Wildman–Crippen MR) is 62.3 cm³/mol. The summed E-state index contributed by atoms with van der Waals surface area (Å²) in [6.07, 6.45) is 0.766. The Labute approximate surface area is 91.5 Å². The van der Waals surface area contributed by atoms with Crippen LogP contribution in [-0.4, -0.2) is 5.54 Å². The van der Waals surface area contributed by atoms with E-state index in [1.165, 1.54) is 0 Å². The maximum Gasteiger partial charge on any atom is 0.396 e. The van der Waals surface area contributed by atoms with Crippen molar-refractivity contribution in [3.63, 3.8) is 0 Å². The second-order valence-electron chi connectivity index (χ2n) is 4.40. The van der Waals surface area contributed by atoms with Crippen molar-refractivity contribution in [3.05, 3.63) is 33.5 Å². The number of rotatable bonds is 2. The molecule has 0 spiro atoms. The molecule has 1 aromatic carbocycles. The van der Waals surface area contributed by atoms with E-state index >= 15 is 0 Å². The standard InChI is InChI=1S/C11H13NO2S/c1-11(2,12)6-7-3-4-9-8(5-7)14-10(13)15-9/h3-5H,6,12H2,1-2H3. The Morgan fingerprint density at radius 3 is 2.87 bits per heavy atom. The van der Waals surface area contributed by atoms with Crippen LogP contribution in [0, 0.1) is 0 Å². The first-order valence-corrected chi connectivity index (χ1v) is 5.57. The molecule has 0 saturated heterocycles. The molecule has 1 heterocycles. The van der Waals surface area contributed by atoms with Crippen LogP contribution in [-0.2, 0) is 6.42 Å². The average molecular weight is 223 g/mol. The van der Waals surface area contributed by atoms with Crippen LogP contribution >= 0.6 is 11.3 Å². The highest BCUT2D eigenvalue weighted by atomic mass is 32.1. The van der Waals surface area contributed by atoms with Crippen molar-refractivity contribution in [3.8, 4) is 0 Å². The van der Waals surface area contributed by atoms with Crippen molar-refractivity contribution in [2.75, 3.05) is 0 Å². The number of hydrogen-bond acceptors (Lipinski definition) is 4. The Kier molecular flexibility index (Phi) is 2.40. The fraction of sp³-hybridized carbons (Fsp3) is 0.364. The third-order valence-corrected chi connectivity index (χ3v) is 2.86. The van der Waals surface area contributed by atoms with Crippen molar-refractivity contribution < 1.29 is 4.42 Å². The van der Waals surface area contributed by atoms with Crippen molar-refractivity contribution in [1.82, 2.24) is 0 Å². The monoisotopic (exact) mass is 223 g/mol. The van der Waals surface area contributed by atoms with Gasteiger partial charge in [0.15, 0.2) is 0 Å². The Balaban J connectivity index is 2.42. The van der Waals surface area contributed by atoms with E-state index in [2.05, 4.69) is 0 Å². The van der Waals surface area contributed by atoms with Gasteiger partial charge in [-0.15, -0.1) is 0 Å². The summed E-state index contributed by atoms with van der Waals surface area (Å²) >= 11 is 1.13. The lowest BCUT2D eigenvalue weighted by Gasteiger charge is -2.17. The number of benzene rings is 1. The minimum atomic E-state index is -0.255. The quantitative estimate of drug-likeness (QED) is 0.848. The zero-order chi connectivity index (χ0) is 11.1. The van der Waals surface area contributed by atoms with Crippen LogP contribution in [0.25, 0.3) is 10.3 Å². The van der Waals surface area contributed by atoms with E-state index in [1.54, 1.807) is 0 Å². The molecular weight excluding hydrogens is 210 g/mol. The molecule has 3 nitrogen and oxygen atoms in total. The van der Waals surface area contributed by atoms with Gasteiger partial charge in [-0.05, 0) is 38.0 Å². The molecule has 0 aliphatic heterocycles. The summed E-state index contributed by atoms with van der Waals surface area (Å²) < 4.78 is 5.93. The normalized spacial score (nSPS) is 12.2. The molecule has 4 heteroatoms. The van der Waals surface area contributed by atoms with Gasteiger partial charge in [0.1, 0.15) is 5.58 Å². The highest BCUT2D eigenvalue weighted by molar-refractivity contribution is 7.16. The number of fused-ring (bicyclic) bond motifs is 1. The maximum absolute atomic E-state index is 11.0. The Morgan fingerprint density at radius 1 is 1.47 bits per heavy atom. The summed E-state index contributed by atoms with van der Waals surface area (Å²) in [5, 5.41) is 0. The molecule has 0 aliphatic carbocycles. The highest BCUT2D eigenvalue weighted by Gasteiger charge is 2.12. The van der Waals surface area contributed by atoms with Crippen LogP contribution in [0.2, 0.25) is 0 Å². The van der Waals surface area contributed by atoms with Gasteiger partial charge in [-0.25, -0.2) is 4.79 Å². The van der Waals surface area contributed by atoms with Gasteiger partial charge in [0, 0.05) is 5.54 Å². The van der Waals surface area contributed by atoms with Gasteiger partial charge in [0.2, 0.25) is 0 Å². The van der Waals surface area contributed by atoms with E-state index < -0.39 is 0 Å². The van der Waals surface area contributed by atoms with Crippen LogP contribution < -0.4 is 10.7 Å². The molecule has 0 amide bonds. The summed E-state index contributed by atoms with van der Waals surface area (Å²) in [4.78, 5) is 10.8. The van der Waals surface area contributed by atoms with Gasteiger partial charge in [-0.2, -0.15) is 0 Å². The minimum absolute atomic E-state index is 0.246. The zero-order valence-electron chi connectivity index (χ0n) is 8.74. The van der Waals surface area contributed by atoms with Crippen molar-refractivity contribution in [2.45, 2.75) is 25.8 Å². The van der Waals surface area contributed by atoms with Gasteiger partial charge >= 0.3 is 4.94 Å². The molecule has 2 rings (SSSR count). The average Bonchev–Trinajstić information content (AvgIpc) is 2.40. The van der Waals surface area contributed by atoms with Crippen LogP contribution in [0.15, 0.2) is 27.4 Å².